The summed E-state index contributed by atoms with van der Waals surface area (Å²) in [4.78, 5) is 8.52. The van der Waals surface area contributed by atoms with E-state index >= 15 is 0 Å². The monoisotopic (exact) mass is 317 g/mol. The van der Waals surface area contributed by atoms with Crippen LogP contribution < -0.4 is 10.1 Å². The Morgan fingerprint density at radius 3 is 2.86 bits per heavy atom. The molecule has 0 saturated carbocycles. The molecular weight excluding hydrogens is 298 g/mol. The van der Waals surface area contributed by atoms with Crippen LogP contribution in [0.5, 0.6) is 5.75 Å². The fraction of sp³-hybridized carbons (Fsp3) is 0.412. The first-order valence-corrected chi connectivity index (χ1v) is 7.95. The summed E-state index contributed by atoms with van der Waals surface area (Å²) in [7, 11) is 1.71. The highest BCUT2D eigenvalue weighted by atomic mass is 35.5. The Morgan fingerprint density at radius 2 is 2.09 bits per heavy atom. The molecule has 0 bridgehead atoms. The van der Waals surface area contributed by atoms with Crippen LogP contribution in [0.15, 0.2) is 24.3 Å². The van der Waals surface area contributed by atoms with Crippen LogP contribution in [0.1, 0.15) is 29.8 Å². The standard InChI is InChI=1S/C17H20ClN3O/c1-11-19-16(18)10-17(20-11)21-14-5-3-4-12-6-7-15(22-2)9-13(12)8-14/h6-7,9-10,14H,3-5,8H2,1-2H3,(H,19,20,21). The number of hydrogen-bond donors (Lipinski definition) is 1. The zero-order valence-corrected chi connectivity index (χ0v) is 13.7. The van der Waals surface area contributed by atoms with E-state index in [0.29, 0.717) is 17.0 Å². The summed E-state index contributed by atoms with van der Waals surface area (Å²) < 4.78 is 5.35. The molecule has 1 aromatic heterocycles. The SMILES string of the molecule is COc1ccc2c(c1)CC(Nc1cc(Cl)nc(C)n1)CCC2. The lowest BCUT2D eigenvalue weighted by Crippen LogP contribution is -2.22. The Morgan fingerprint density at radius 1 is 1.23 bits per heavy atom. The second kappa shape index (κ2) is 6.53. The van der Waals surface area contributed by atoms with Crippen LogP contribution in [-0.4, -0.2) is 23.1 Å². The molecule has 116 valence electrons. The van der Waals surface area contributed by atoms with Gasteiger partial charge in [0.05, 0.1) is 7.11 Å². The van der Waals surface area contributed by atoms with Crippen LogP contribution in [0.3, 0.4) is 0 Å². The van der Waals surface area contributed by atoms with E-state index in [0.717, 1.165) is 37.3 Å². The Hall–Kier alpha value is -1.81. The number of fused-ring (bicyclic) bond motifs is 1. The third kappa shape index (κ3) is 3.50. The lowest BCUT2D eigenvalue weighted by atomic mass is 10.0. The van der Waals surface area contributed by atoms with Gasteiger partial charge >= 0.3 is 0 Å². The number of hydrogen-bond acceptors (Lipinski definition) is 4. The highest BCUT2D eigenvalue weighted by Gasteiger charge is 2.18. The van der Waals surface area contributed by atoms with E-state index in [1.54, 1.807) is 13.2 Å². The van der Waals surface area contributed by atoms with Gasteiger partial charge in [-0.1, -0.05) is 17.7 Å². The minimum Gasteiger partial charge on any atom is -0.497 e. The fourth-order valence-corrected chi connectivity index (χ4v) is 3.23. The number of aromatic nitrogens is 2. The lowest BCUT2D eigenvalue weighted by molar-refractivity contribution is 0.414. The van der Waals surface area contributed by atoms with Crippen LogP contribution in [-0.2, 0) is 12.8 Å². The molecule has 4 nitrogen and oxygen atoms in total. The second-order valence-electron chi connectivity index (χ2n) is 5.70. The largest absolute Gasteiger partial charge is 0.497 e. The Balaban J connectivity index is 1.80. The third-order valence-corrected chi connectivity index (χ3v) is 4.23. The Labute approximate surface area is 135 Å². The molecule has 0 radical (unpaired) electrons. The summed E-state index contributed by atoms with van der Waals surface area (Å²) >= 11 is 6.01. The number of nitrogens with one attached hydrogen (secondary N) is 1. The molecular formula is C17H20ClN3O. The first-order chi connectivity index (χ1) is 10.6. The van der Waals surface area contributed by atoms with Gasteiger partial charge in [0, 0.05) is 12.1 Å². The number of benzene rings is 1. The zero-order chi connectivity index (χ0) is 15.5. The average Bonchev–Trinajstić information content (AvgIpc) is 2.66. The van der Waals surface area contributed by atoms with Crippen molar-refractivity contribution < 1.29 is 4.74 Å². The zero-order valence-electron chi connectivity index (χ0n) is 12.9. The van der Waals surface area contributed by atoms with Gasteiger partial charge in [-0.2, -0.15) is 0 Å². The highest BCUT2D eigenvalue weighted by molar-refractivity contribution is 6.29. The third-order valence-electron chi connectivity index (χ3n) is 4.04. The Kier molecular flexibility index (Phi) is 4.48. The van der Waals surface area contributed by atoms with Gasteiger partial charge in [-0.05, 0) is 55.9 Å². The van der Waals surface area contributed by atoms with Crippen molar-refractivity contribution in [2.45, 2.75) is 38.6 Å². The maximum atomic E-state index is 6.01. The minimum absolute atomic E-state index is 0.346. The predicted molar refractivity (Wildman–Crippen MR) is 88.8 cm³/mol. The van der Waals surface area contributed by atoms with Crippen molar-refractivity contribution in [2.24, 2.45) is 0 Å². The molecule has 2 aromatic rings. The molecule has 22 heavy (non-hydrogen) atoms. The molecule has 0 amide bonds. The van der Waals surface area contributed by atoms with Crippen LogP contribution in [0.4, 0.5) is 5.82 Å². The van der Waals surface area contributed by atoms with Gasteiger partial charge < -0.3 is 10.1 Å². The number of rotatable bonds is 3. The molecule has 1 atom stereocenters. The van der Waals surface area contributed by atoms with E-state index in [2.05, 4.69) is 27.4 Å². The molecule has 3 rings (SSSR count). The van der Waals surface area contributed by atoms with Gasteiger partial charge in [0.15, 0.2) is 0 Å². The predicted octanol–water partition coefficient (Wildman–Crippen LogP) is 3.81. The number of aryl methyl sites for hydroxylation is 2. The molecule has 0 aliphatic heterocycles. The molecule has 1 heterocycles. The van der Waals surface area contributed by atoms with Crippen molar-refractivity contribution in [3.8, 4) is 5.75 Å². The lowest BCUT2D eigenvalue weighted by Gasteiger charge is -2.18. The summed E-state index contributed by atoms with van der Waals surface area (Å²) in [6.07, 6.45) is 4.35. The maximum absolute atomic E-state index is 6.01. The van der Waals surface area contributed by atoms with Gasteiger partial charge in [-0.3, -0.25) is 0 Å². The van der Waals surface area contributed by atoms with E-state index in [1.807, 2.05) is 13.0 Å². The van der Waals surface area contributed by atoms with E-state index in [9.17, 15) is 0 Å². The summed E-state index contributed by atoms with van der Waals surface area (Å²) in [5.41, 5.74) is 2.77. The van der Waals surface area contributed by atoms with Crippen molar-refractivity contribution in [3.05, 3.63) is 46.4 Å². The molecule has 1 unspecified atom stereocenters. The number of halogens is 1. The molecule has 1 N–H and O–H groups in total. The van der Waals surface area contributed by atoms with Crippen LogP contribution in [0, 0.1) is 6.92 Å². The van der Waals surface area contributed by atoms with E-state index < -0.39 is 0 Å². The van der Waals surface area contributed by atoms with Gasteiger partial charge in [0.25, 0.3) is 0 Å². The average molecular weight is 318 g/mol. The van der Waals surface area contributed by atoms with Crippen molar-refractivity contribution in [3.63, 3.8) is 0 Å². The topological polar surface area (TPSA) is 47.0 Å². The summed E-state index contributed by atoms with van der Waals surface area (Å²) in [6, 6.07) is 8.50. The fourth-order valence-electron chi connectivity index (χ4n) is 3.01. The number of ether oxygens (including phenoxy) is 1. The maximum Gasteiger partial charge on any atom is 0.134 e. The molecule has 0 fully saturated rings. The number of anilines is 1. The quantitative estimate of drug-likeness (QED) is 0.691. The molecule has 1 aromatic carbocycles. The number of methoxy groups -OCH3 is 1. The van der Waals surface area contributed by atoms with Crippen LogP contribution in [0.25, 0.3) is 0 Å². The normalized spacial score (nSPS) is 17.5. The van der Waals surface area contributed by atoms with Gasteiger partial charge in [-0.15, -0.1) is 0 Å². The van der Waals surface area contributed by atoms with E-state index in [4.69, 9.17) is 16.3 Å². The van der Waals surface area contributed by atoms with Crippen molar-refractivity contribution in [1.29, 1.82) is 0 Å². The summed E-state index contributed by atoms with van der Waals surface area (Å²) in [5, 5.41) is 3.98. The molecule has 5 heteroatoms. The van der Waals surface area contributed by atoms with E-state index in [-0.39, 0.29) is 0 Å². The minimum atomic E-state index is 0.346. The van der Waals surface area contributed by atoms with Crippen molar-refractivity contribution in [1.82, 2.24) is 9.97 Å². The number of nitrogens with zero attached hydrogens (tertiary/aromatic N) is 2. The summed E-state index contributed by atoms with van der Waals surface area (Å²) in [5.74, 6) is 2.40. The summed E-state index contributed by atoms with van der Waals surface area (Å²) in [6.45, 7) is 1.85. The van der Waals surface area contributed by atoms with E-state index in [1.165, 1.54) is 11.1 Å². The molecule has 0 spiro atoms. The molecule has 1 aliphatic rings. The molecule has 1 aliphatic carbocycles. The van der Waals surface area contributed by atoms with Gasteiger partial charge in [-0.25, -0.2) is 9.97 Å². The smallest absolute Gasteiger partial charge is 0.134 e. The first kappa shape index (κ1) is 15.1. The highest BCUT2D eigenvalue weighted by Crippen LogP contribution is 2.26. The first-order valence-electron chi connectivity index (χ1n) is 7.57. The van der Waals surface area contributed by atoms with Crippen LogP contribution in [0.2, 0.25) is 5.15 Å². The Bertz CT molecular complexity index is 655. The van der Waals surface area contributed by atoms with Crippen LogP contribution >= 0.6 is 11.6 Å². The van der Waals surface area contributed by atoms with Gasteiger partial charge in [0.2, 0.25) is 0 Å². The molecule has 0 saturated heterocycles. The van der Waals surface area contributed by atoms with Gasteiger partial charge in [0.1, 0.15) is 22.5 Å². The van der Waals surface area contributed by atoms with Crippen molar-refractivity contribution in [2.75, 3.05) is 12.4 Å². The second-order valence-corrected chi connectivity index (χ2v) is 6.08. The van der Waals surface area contributed by atoms with Crippen molar-refractivity contribution >= 4 is 17.4 Å².